The Hall–Kier alpha value is -1.25. The molecular formula is C24H46NO8P. The highest BCUT2D eigenvalue weighted by molar-refractivity contribution is 7.47. The fourth-order valence-corrected chi connectivity index (χ4v) is 3.72. The van der Waals surface area contributed by atoms with E-state index < -0.39 is 26.5 Å². The number of allylic oxidation sites excluding steroid dienone is 2. The Morgan fingerprint density at radius 1 is 0.882 bits per heavy atom. The summed E-state index contributed by atoms with van der Waals surface area (Å²) in [6.07, 6.45) is 15.1. The fraction of sp³-hybridized carbons (Fsp3) is 0.833. The molecule has 0 aliphatic heterocycles. The standard InChI is InChI=1S/C24H46NO8P/c1-3-5-7-8-9-10-11-12-13-15-17-24(28)31-20-22(26)21-33-34(29,30)32-19-18-25-23(27)16-14-6-4-2/h7-8,22,26H,3-6,9-21H2,1-2H3,(H,25,27)(H,29,30)/b8-7-. The van der Waals surface area contributed by atoms with Gasteiger partial charge in [-0.15, -0.1) is 0 Å². The van der Waals surface area contributed by atoms with Crippen LogP contribution in [0.3, 0.4) is 0 Å². The summed E-state index contributed by atoms with van der Waals surface area (Å²) in [5.41, 5.74) is 0. The van der Waals surface area contributed by atoms with E-state index in [-0.39, 0.29) is 32.1 Å². The second-order valence-corrected chi connectivity index (χ2v) is 9.76. The maximum absolute atomic E-state index is 11.8. The third-order valence-electron chi connectivity index (χ3n) is 4.93. The number of amides is 1. The predicted octanol–water partition coefficient (Wildman–Crippen LogP) is 4.81. The van der Waals surface area contributed by atoms with Crippen LogP contribution in [-0.4, -0.2) is 54.3 Å². The van der Waals surface area contributed by atoms with Gasteiger partial charge in [-0.2, -0.15) is 0 Å². The Labute approximate surface area is 205 Å². The van der Waals surface area contributed by atoms with E-state index in [0.717, 1.165) is 64.2 Å². The van der Waals surface area contributed by atoms with Gasteiger partial charge in [0.1, 0.15) is 12.7 Å². The highest BCUT2D eigenvalue weighted by Gasteiger charge is 2.23. The summed E-state index contributed by atoms with van der Waals surface area (Å²) in [6.45, 7) is 3.25. The SMILES string of the molecule is CCC/C=C\CCCCCCCC(=O)OCC(O)COP(=O)(O)OCCNC(=O)CCCCC. The lowest BCUT2D eigenvalue weighted by atomic mass is 10.1. The van der Waals surface area contributed by atoms with Crippen LogP contribution in [0.5, 0.6) is 0 Å². The second-order valence-electron chi connectivity index (χ2n) is 8.31. The van der Waals surface area contributed by atoms with Gasteiger partial charge in [0.2, 0.25) is 5.91 Å². The van der Waals surface area contributed by atoms with Gasteiger partial charge < -0.3 is 20.1 Å². The molecule has 1 amide bonds. The molecule has 9 nitrogen and oxygen atoms in total. The summed E-state index contributed by atoms with van der Waals surface area (Å²) < 4.78 is 26.2. The first-order valence-corrected chi connectivity index (χ1v) is 14.2. The van der Waals surface area contributed by atoms with E-state index in [9.17, 15) is 24.2 Å². The smallest absolute Gasteiger partial charge is 0.463 e. The van der Waals surface area contributed by atoms with Crippen molar-refractivity contribution in [2.24, 2.45) is 0 Å². The predicted molar refractivity (Wildman–Crippen MR) is 132 cm³/mol. The molecule has 2 atom stereocenters. The van der Waals surface area contributed by atoms with Gasteiger partial charge in [0.25, 0.3) is 0 Å². The highest BCUT2D eigenvalue weighted by Crippen LogP contribution is 2.42. The van der Waals surface area contributed by atoms with Crippen LogP contribution in [0, 0.1) is 0 Å². The fourth-order valence-electron chi connectivity index (χ4n) is 2.97. The Kier molecular flexibility index (Phi) is 21.4. The molecule has 2 unspecified atom stereocenters. The van der Waals surface area contributed by atoms with Crippen LogP contribution in [0.4, 0.5) is 0 Å². The van der Waals surface area contributed by atoms with E-state index in [4.69, 9.17) is 13.8 Å². The molecular weight excluding hydrogens is 461 g/mol. The molecule has 10 heteroatoms. The lowest BCUT2D eigenvalue weighted by Crippen LogP contribution is -2.27. The molecule has 0 saturated carbocycles. The van der Waals surface area contributed by atoms with Gasteiger partial charge in [-0.1, -0.05) is 64.5 Å². The van der Waals surface area contributed by atoms with E-state index in [0.29, 0.717) is 6.42 Å². The topological polar surface area (TPSA) is 131 Å². The van der Waals surface area contributed by atoms with Crippen molar-refractivity contribution in [2.45, 2.75) is 103 Å². The van der Waals surface area contributed by atoms with Crippen molar-refractivity contribution in [3.05, 3.63) is 12.2 Å². The molecule has 0 bridgehead atoms. The summed E-state index contributed by atoms with van der Waals surface area (Å²) in [6, 6.07) is 0. The van der Waals surface area contributed by atoms with Crippen LogP contribution in [-0.2, 0) is 27.9 Å². The van der Waals surface area contributed by atoms with Crippen molar-refractivity contribution in [3.8, 4) is 0 Å². The number of ether oxygens (including phenoxy) is 1. The number of aliphatic hydroxyl groups excluding tert-OH is 1. The van der Waals surface area contributed by atoms with Crippen LogP contribution < -0.4 is 5.32 Å². The molecule has 0 aliphatic carbocycles. The van der Waals surface area contributed by atoms with Crippen molar-refractivity contribution in [1.29, 1.82) is 0 Å². The lowest BCUT2D eigenvalue weighted by Gasteiger charge is -2.15. The minimum absolute atomic E-state index is 0.0784. The Morgan fingerprint density at radius 3 is 2.29 bits per heavy atom. The Bertz CT molecular complexity index is 600. The van der Waals surface area contributed by atoms with Crippen molar-refractivity contribution in [2.75, 3.05) is 26.4 Å². The molecule has 0 aromatic rings. The average Bonchev–Trinajstić information content (AvgIpc) is 2.80. The van der Waals surface area contributed by atoms with Crippen LogP contribution in [0.1, 0.15) is 97.3 Å². The first-order valence-electron chi connectivity index (χ1n) is 12.7. The number of aliphatic hydroxyl groups is 1. The second kappa shape index (κ2) is 22.2. The molecule has 0 saturated heterocycles. The molecule has 0 rings (SSSR count). The van der Waals surface area contributed by atoms with Crippen LogP contribution in [0.2, 0.25) is 0 Å². The number of esters is 1. The van der Waals surface area contributed by atoms with Crippen LogP contribution in [0.25, 0.3) is 0 Å². The third-order valence-corrected chi connectivity index (χ3v) is 5.91. The molecule has 34 heavy (non-hydrogen) atoms. The van der Waals surface area contributed by atoms with Gasteiger partial charge >= 0.3 is 13.8 Å². The van der Waals surface area contributed by atoms with E-state index in [2.05, 4.69) is 24.4 Å². The van der Waals surface area contributed by atoms with Crippen molar-refractivity contribution in [3.63, 3.8) is 0 Å². The van der Waals surface area contributed by atoms with Crippen LogP contribution >= 0.6 is 7.82 Å². The first kappa shape index (κ1) is 32.8. The van der Waals surface area contributed by atoms with E-state index >= 15 is 0 Å². The molecule has 0 heterocycles. The first-order chi connectivity index (χ1) is 16.3. The summed E-state index contributed by atoms with van der Waals surface area (Å²) in [7, 11) is -4.38. The summed E-state index contributed by atoms with van der Waals surface area (Å²) in [5.74, 6) is -0.558. The summed E-state index contributed by atoms with van der Waals surface area (Å²) >= 11 is 0. The largest absolute Gasteiger partial charge is 0.472 e. The number of nitrogens with one attached hydrogen (secondary N) is 1. The van der Waals surface area contributed by atoms with E-state index in [1.165, 1.54) is 6.42 Å². The molecule has 200 valence electrons. The quantitative estimate of drug-likeness (QED) is 0.0777. The zero-order valence-electron chi connectivity index (χ0n) is 21.0. The Balaban J connectivity index is 3.72. The normalized spacial score (nSPS) is 14.1. The van der Waals surface area contributed by atoms with Crippen LogP contribution in [0.15, 0.2) is 12.2 Å². The zero-order chi connectivity index (χ0) is 25.5. The van der Waals surface area contributed by atoms with Crippen molar-refractivity contribution in [1.82, 2.24) is 5.32 Å². The van der Waals surface area contributed by atoms with Crippen molar-refractivity contribution < 1.29 is 37.9 Å². The van der Waals surface area contributed by atoms with Crippen molar-refractivity contribution >= 4 is 19.7 Å². The minimum atomic E-state index is -4.38. The van der Waals surface area contributed by atoms with E-state index in [1.54, 1.807) is 0 Å². The summed E-state index contributed by atoms with van der Waals surface area (Å²) in [5, 5.41) is 12.4. The molecule has 0 aliphatic rings. The van der Waals surface area contributed by atoms with Gasteiger partial charge in [0, 0.05) is 19.4 Å². The minimum Gasteiger partial charge on any atom is -0.463 e. The number of hydrogen-bond acceptors (Lipinski definition) is 7. The molecule has 0 aromatic carbocycles. The van der Waals surface area contributed by atoms with E-state index in [1.807, 2.05) is 6.92 Å². The zero-order valence-corrected chi connectivity index (χ0v) is 21.9. The molecule has 0 aromatic heterocycles. The number of unbranched alkanes of at least 4 members (excludes halogenated alkanes) is 8. The van der Waals surface area contributed by atoms with Gasteiger partial charge in [0.05, 0.1) is 13.2 Å². The number of carbonyl (C=O) groups is 2. The number of hydrogen-bond donors (Lipinski definition) is 3. The van der Waals surface area contributed by atoms with Gasteiger partial charge in [-0.3, -0.25) is 18.6 Å². The molecule has 0 radical (unpaired) electrons. The number of phosphoric ester groups is 1. The molecule has 3 N–H and O–H groups in total. The monoisotopic (exact) mass is 507 g/mol. The average molecular weight is 508 g/mol. The molecule has 0 spiro atoms. The Morgan fingerprint density at radius 2 is 1.56 bits per heavy atom. The molecule has 0 fully saturated rings. The third kappa shape index (κ3) is 22.5. The van der Waals surface area contributed by atoms with Gasteiger partial charge in [-0.25, -0.2) is 4.57 Å². The number of carbonyl (C=O) groups excluding carboxylic acids is 2. The lowest BCUT2D eigenvalue weighted by molar-refractivity contribution is -0.147. The maximum Gasteiger partial charge on any atom is 0.472 e. The number of rotatable bonds is 23. The van der Waals surface area contributed by atoms with Gasteiger partial charge in [-0.05, 0) is 32.1 Å². The maximum atomic E-state index is 11.8. The number of phosphoric acid groups is 1. The summed E-state index contributed by atoms with van der Waals surface area (Å²) in [4.78, 5) is 32.9. The highest BCUT2D eigenvalue weighted by atomic mass is 31.2. The van der Waals surface area contributed by atoms with Gasteiger partial charge in [0.15, 0.2) is 0 Å².